The molecule has 0 N–H and O–H groups in total. The van der Waals surface area contributed by atoms with Crippen molar-refractivity contribution < 1.29 is 13.2 Å². The van der Waals surface area contributed by atoms with Gasteiger partial charge >= 0.3 is 0 Å². The van der Waals surface area contributed by atoms with Crippen molar-refractivity contribution in [2.75, 3.05) is 0 Å². The van der Waals surface area contributed by atoms with Gasteiger partial charge < -0.3 is 4.42 Å². The second-order valence-electron chi connectivity index (χ2n) is 6.14. The van der Waals surface area contributed by atoms with Crippen molar-refractivity contribution in [3.8, 4) is 0 Å². The van der Waals surface area contributed by atoms with Crippen LogP contribution in [-0.4, -0.2) is 29.8 Å². The number of nitrogens with zero attached hydrogens (tertiary/aromatic N) is 6. The fraction of sp³-hybridized carbons (Fsp3) is 0.500. The summed E-state index contributed by atoms with van der Waals surface area (Å²) in [4.78, 5) is 0. The molecular formula is C16H19BrF2N6O. The molecule has 10 heteroatoms. The summed E-state index contributed by atoms with van der Waals surface area (Å²) in [7, 11) is 0. The van der Waals surface area contributed by atoms with E-state index < -0.39 is 12.5 Å². The van der Waals surface area contributed by atoms with Gasteiger partial charge in [-0.05, 0) is 49.7 Å². The number of halogens is 3. The van der Waals surface area contributed by atoms with Crippen LogP contribution in [0.1, 0.15) is 53.9 Å². The third kappa shape index (κ3) is 3.55. The Balaban J connectivity index is 1.75. The summed E-state index contributed by atoms with van der Waals surface area (Å²) in [5.41, 5.74) is 2.30. The number of aromatic nitrogens is 6. The highest BCUT2D eigenvalue weighted by atomic mass is 79.9. The van der Waals surface area contributed by atoms with Crippen LogP contribution in [0.25, 0.3) is 0 Å². The molecule has 0 bridgehead atoms. The quantitative estimate of drug-likeness (QED) is 0.594. The third-order valence-electron chi connectivity index (χ3n) is 4.16. The molecule has 140 valence electrons. The van der Waals surface area contributed by atoms with Crippen LogP contribution in [-0.2, 0) is 13.0 Å². The van der Waals surface area contributed by atoms with E-state index >= 15 is 0 Å². The first-order chi connectivity index (χ1) is 12.3. The zero-order valence-corrected chi connectivity index (χ0v) is 16.5. The third-order valence-corrected chi connectivity index (χ3v) is 5.14. The van der Waals surface area contributed by atoms with Gasteiger partial charge in [0.15, 0.2) is 0 Å². The lowest BCUT2D eigenvalue weighted by Crippen LogP contribution is -2.11. The molecule has 0 saturated heterocycles. The Morgan fingerprint density at radius 2 is 1.92 bits per heavy atom. The normalized spacial score (nSPS) is 12.9. The first-order valence-corrected chi connectivity index (χ1v) is 8.93. The summed E-state index contributed by atoms with van der Waals surface area (Å²) in [5.74, 6) is 0.796. The Kier molecular flexibility index (Phi) is 5.22. The minimum atomic E-state index is -2.66. The lowest BCUT2D eigenvalue weighted by molar-refractivity contribution is 0.144. The number of rotatable bonds is 6. The Labute approximate surface area is 157 Å². The minimum absolute atomic E-state index is 0.293. The molecular weight excluding hydrogens is 410 g/mol. The minimum Gasteiger partial charge on any atom is -0.423 e. The maximum Gasteiger partial charge on any atom is 0.283 e. The Morgan fingerprint density at radius 3 is 2.50 bits per heavy atom. The molecule has 3 rings (SSSR count). The summed E-state index contributed by atoms with van der Waals surface area (Å²) >= 11 is 3.17. The fourth-order valence-corrected chi connectivity index (χ4v) is 3.22. The van der Waals surface area contributed by atoms with Crippen LogP contribution in [0.4, 0.5) is 8.78 Å². The zero-order chi connectivity index (χ0) is 19.0. The smallest absolute Gasteiger partial charge is 0.283 e. The molecule has 0 spiro atoms. The van der Waals surface area contributed by atoms with Crippen LogP contribution >= 0.6 is 15.9 Å². The van der Waals surface area contributed by atoms with Gasteiger partial charge in [0.25, 0.3) is 6.43 Å². The number of hydrogen-bond acceptors (Lipinski definition) is 5. The largest absolute Gasteiger partial charge is 0.423 e. The molecule has 0 aliphatic heterocycles. The molecule has 3 aromatic rings. The highest BCUT2D eigenvalue weighted by Crippen LogP contribution is 2.31. The predicted molar refractivity (Wildman–Crippen MR) is 93.1 cm³/mol. The van der Waals surface area contributed by atoms with E-state index in [0.29, 0.717) is 34.9 Å². The molecule has 3 heterocycles. The summed E-state index contributed by atoms with van der Waals surface area (Å²) in [6.07, 6.45) is -2.12. The number of hydrogen-bond donors (Lipinski definition) is 0. The summed E-state index contributed by atoms with van der Waals surface area (Å²) < 4.78 is 35.4. The zero-order valence-electron chi connectivity index (χ0n) is 14.9. The topological polar surface area (TPSA) is 74.6 Å². The predicted octanol–water partition coefficient (Wildman–Crippen LogP) is 3.94. The van der Waals surface area contributed by atoms with Crippen LogP contribution in [0.2, 0.25) is 0 Å². The lowest BCUT2D eigenvalue weighted by Gasteiger charge is -2.09. The van der Waals surface area contributed by atoms with E-state index in [1.807, 2.05) is 24.6 Å². The molecule has 0 amide bonds. The average Bonchev–Trinajstić information content (AvgIpc) is 3.25. The van der Waals surface area contributed by atoms with Gasteiger partial charge in [0.1, 0.15) is 11.7 Å². The van der Waals surface area contributed by atoms with Crippen molar-refractivity contribution in [3.63, 3.8) is 0 Å². The Hall–Kier alpha value is -2.10. The first-order valence-electron chi connectivity index (χ1n) is 8.14. The molecule has 3 aromatic heterocycles. The molecule has 0 saturated carbocycles. The Bertz CT molecular complexity index is 916. The molecule has 0 aliphatic carbocycles. The average molecular weight is 429 g/mol. The van der Waals surface area contributed by atoms with Crippen LogP contribution in [0.5, 0.6) is 0 Å². The van der Waals surface area contributed by atoms with Gasteiger partial charge in [0, 0.05) is 18.7 Å². The van der Waals surface area contributed by atoms with Gasteiger partial charge in [-0.1, -0.05) is 0 Å². The van der Waals surface area contributed by atoms with Gasteiger partial charge in [-0.2, -0.15) is 10.2 Å². The van der Waals surface area contributed by atoms with Crippen molar-refractivity contribution in [3.05, 3.63) is 45.1 Å². The van der Waals surface area contributed by atoms with E-state index in [1.165, 1.54) is 4.68 Å². The van der Waals surface area contributed by atoms with Crippen molar-refractivity contribution in [2.45, 2.75) is 53.1 Å². The highest BCUT2D eigenvalue weighted by molar-refractivity contribution is 9.10. The molecule has 1 atom stereocenters. The second kappa shape index (κ2) is 7.26. The van der Waals surface area contributed by atoms with E-state index in [1.54, 1.807) is 13.8 Å². The number of aryl methyl sites for hydroxylation is 4. The molecule has 1 unspecified atom stereocenters. The van der Waals surface area contributed by atoms with E-state index in [9.17, 15) is 8.78 Å². The lowest BCUT2D eigenvalue weighted by atomic mass is 10.3. The monoisotopic (exact) mass is 428 g/mol. The van der Waals surface area contributed by atoms with Crippen molar-refractivity contribution in [1.29, 1.82) is 0 Å². The second-order valence-corrected chi connectivity index (χ2v) is 6.93. The molecule has 0 aromatic carbocycles. The number of alkyl halides is 2. The van der Waals surface area contributed by atoms with Gasteiger partial charge in [0.2, 0.25) is 11.8 Å². The fourth-order valence-electron chi connectivity index (χ4n) is 2.78. The van der Waals surface area contributed by atoms with Crippen LogP contribution in [0.3, 0.4) is 0 Å². The van der Waals surface area contributed by atoms with Crippen LogP contribution in [0, 0.1) is 20.8 Å². The first kappa shape index (κ1) is 18.7. The summed E-state index contributed by atoms with van der Waals surface area (Å²) in [6.45, 7) is 8.03. The van der Waals surface area contributed by atoms with E-state index in [0.717, 1.165) is 11.4 Å². The van der Waals surface area contributed by atoms with Crippen molar-refractivity contribution in [1.82, 2.24) is 29.8 Å². The molecule has 0 aliphatic rings. The molecule has 26 heavy (non-hydrogen) atoms. The van der Waals surface area contributed by atoms with Gasteiger partial charge in [-0.15, -0.1) is 10.2 Å². The van der Waals surface area contributed by atoms with E-state index in [2.05, 4.69) is 36.3 Å². The van der Waals surface area contributed by atoms with Gasteiger partial charge in [-0.25, -0.2) is 8.78 Å². The van der Waals surface area contributed by atoms with Crippen molar-refractivity contribution >= 4 is 15.9 Å². The van der Waals surface area contributed by atoms with Crippen LogP contribution < -0.4 is 0 Å². The molecule has 0 radical (unpaired) electrons. The SMILES string of the molecule is Cc1cc(C)n(CCc2nnc(C(C)n3nc(C(F)F)c(Br)c3C)o2)n1. The van der Waals surface area contributed by atoms with Crippen LogP contribution in [0.15, 0.2) is 15.0 Å². The molecule has 7 nitrogen and oxygen atoms in total. The summed E-state index contributed by atoms with van der Waals surface area (Å²) in [5, 5.41) is 16.5. The van der Waals surface area contributed by atoms with E-state index in [-0.39, 0.29) is 5.69 Å². The maximum absolute atomic E-state index is 13.0. The van der Waals surface area contributed by atoms with Gasteiger partial charge in [0.05, 0.1) is 15.9 Å². The maximum atomic E-state index is 13.0. The summed E-state index contributed by atoms with van der Waals surface area (Å²) in [6, 6.07) is 1.55. The standard InChI is InChI=1S/C16H19BrF2N6O/c1-8-7-9(2)24(22-8)6-5-12-20-21-16(26-12)11(4)25-10(3)13(17)14(23-25)15(18)19/h7,11,15H,5-6H2,1-4H3. The Morgan fingerprint density at radius 1 is 1.19 bits per heavy atom. The molecule has 0 fully saturated rings. The van der Waals surface area contributed by atoms with Crippen molar-refractivity contribution in [2.24, 2.45) is 0 Å². The highest BCUT2D eigenvalue weighted by Gasteiger charge is 2.25. The van der Waals surface area contributed by atoms with Gasteiger partial charge in [-0.3, -0.25) is 9.36 Å². The van der Waals surface area contributed by atoms with E-state index in [4.69, 9.17) is 4.42 Å².